The quantitative estimate of drug-likeness (QED) is 0.223. The second kappa shape index (κ2) is 11.4. The Balaban J connectivity index is 1.88. The number of halogens is 1. The Kier molecular flexibility index (Phi) is 8.72. The second-order valence-electron chi connectivity index (χ2n) is 11.2. The number of nitrogens with zero attached hydrogens (tertiary/aromatic N) is 1. The first-order valence-corrected chi connectivity index (χ1v) is 15.7. The van der Waals surface area contributed by atoms with Crippen molar-refractivity contribution in [3.63, 3.8) is 0 Å². The highest BCUT2D eigenvalue weighted by Crippen LogP contribution is 2.43. The third-order valence-corrected chi connectivity index (χ3v) is 10.5. The van der Waals surface area contributed by atoms with Crippen molar-refractivity contribution in [3.8, 4) is 0 Å². The highest BCUT2D eigenvalue weighted by atomic mass is 79.9. The topological polar surface area (TPSA) is 3.24 Å². The summed E-state index contributed by atoms with van der Waals surface area (Å²) in [5.74, 6) is 0. The third-order valence-electron chi connectivity index (χ3n) is 8.72. The molecule has 2 aromatic carbocycles. The molecule has 194 valence electrons. The maximum Gasteiger partial charge on any atom is 0.0420 e. The first-order valence-electron chi connectivity index (χ1n) is 14.1. The molecule has 1 aromatic heterocycles. The fraction of sp³-hybridized carbons (Fsp3) is 0.515. The van der Waals surface area contributed by atoms with Crippen LogP contribution in [0.15, 0.2) is 58.7 Å². The summed E-state index contributed by atoms with van der Waals surface area (Å²) in [5.41, 5.74) is 4.63. The Labute approximate surface area is 231 Å². The van der Waals surface area contributed by atoms with Gasteiger partial charge in [-0.05, 0) is 97.3 Å². The van der Waals surface area contributed by atoms with Gasteiger partial charge in [-0.1, -0.05) is 82.0 Å². The number of unbranched alkanes of at least 4 members (excludes halogenated alkanes) is 1. The number of fused-ring (bicyclic) bond motifs is 3. The molecule has 0 N–H and O–H groups in total. The molecule has 0 saturated heterocycles. The van der Waals surface area contributed by atoms with Crippen LogP contribution in [0.5, 0.6) is 0 Å². The zero-order valence-electron chi connectivity index (χ0n) is 23.2. The average molecular weight is 567 g/mol. The van der Waals surface area contributed by atoms with Crippen LogP contribution in [-0.4, -0.2) is 5.54 Å². The summed E-state index contributed by atoms with van der Waals surface area (Å²) in [4.78, 5) is 2.69. The van der Waals surface area contributed by atoms with E-state index in [1.807, 2.05) is 11.3 Å². The van der Waals surface area contributed by atoms with Crippen LogP contribution >= 0.6 is 27.3 Å². The van der Waals surface area contributed by atoms with Gasteiger partial charge >= 0.3 is 0 Å². The molecule has 0 saturated carbocycles. The van der Waals surface area contributed by atoms with E-state index in [9.17, 15) is 0 Å². The molecule has 1 aliphatic rings. The fourth-order valence-electron chi connectivity index (χ4n) is 5.97. The van der Waals surface area contributed by atoms with E-state index in [4.69, 9.17) is 0 Å². The monoisotopic (exact) mass is 565 g/mol. The lowest BCUT2D eigenvalue weighted by Gasteiger charge is -2.45. The Morgan fingerprint density at radius 2 is 1.56 bits per heavy atom. The molecule has 0 spiro atoms. The highest BCUT2D eigenvalue weighted by Gasteiger charge is 2.33. The number of benzene rings is 2. The molecule has 3 heteroatoms. The SMILES string of the molecule is CCCCC(C)(CC)N(C1=CC=C(Br)CC1)c1ccc2sc3ccc(C(C)(CC)CCC)cc3c2c1. The van der Waals surface area contributed by atoms with Crippen LogP contribution in [-0.2, 0) is 5.41 Å². The van der Waals surface area contributed by atoms with E-state index in [2.05, 4.69) is 111 Å². The Morgan fingerprint density at radius 1 is 0.833 bits per heavy atom. The Hall–Kier alpha value is -1.58. The maximum absolute atomic E-state index is 3.72. The predicted molar refractivity (Wildman–Crippen MR) is 167 cm³/mol. The molecule has 0 fully saturated rings. The van der Waals surface area contributed by atoms with Gasteiger partial charge < -0.3 is 4.90 Å². The van der Waals surface area contributed by atoms with Gasteiger partial charge in [0.05, 0.1) is 0 Å². The van der Waals surface area contributed by atoms with Crippen molar-refractivity contribution in [2.45, 2.75) is 110 Å². The van der Waals surface area contributed by atoms with Crippen molar-refractivity contribution in [1.82, 2.24) is 0 Å². The van der Waals surface area contributed by atoms with E-state index in [1.54, 1.807) is 0 Å². The number of hydrogen-bond acceptors (Lipinski definition) is 2. The minimum absolute atomic E-state index is 0.103. The third kappa shape index (κ3) is 5.34. The summed E-state index contributed by atoms with van der Waals surface area (Å²) >= 11 is 5.66. The summed E-state index contributed by atoms with van der Waals surface area (Å²) in [5, 5.41) is 2.84. The molecular formula is C33H44BrNS. The van der Waals surface area contributed by atoms with E-state index < -0.39 is 0 Å². The van der Waals surface area contributed by atoms with E-state index >= 15 is 0 Å². The van der Waals surface area contributed by atoms with Gasteiger partial charge in [-0.15, -0.1) is 11.3 Å². The van der Waals surface area contributed by atoms with Crippen molar-refractivity contribution in [1.29, 1.82) is 0 Å². The predicted octanol–water partition coefficient (Wildman–Crippen LogP) is 11.6. The molecule has 2 unspecified atom stereocenters. The molecule has 36 heavy (non-hydrogen) atoms. The second-order valence-corrected chi connectivity index (χ2v) is 13.3. The standard InChI is InChI=1S/C33H44BrNS/c1-7-11-21-33(6,10-4)35(26-15-13-25(34)14-16-26)27-17-19-31-29(23-27)28-22-24(12-18-30(28)36-31)32(5,9-3)20-8-2/h12-13,15,17-19,22-23H,7-11,14,16,20-21H2,1-6H3. The van der Waals surface area contributed by atoms with Crippen LogP contribution in [0.1, 0.15) is 105 Å². The van der Waals surface area contributed by atoms with E-state index in [0.29, 0.717) is 0 Å². The van der Waals surface area contributed by atoms with Crippen LogP contribution in [0.4, 0.5) is 5.69 Å². The van der Waals surface area contributed by atoms with Crippen molar-refractivity contribution >= 4 is 53.1 Å². The van der Waals surface area contributed by atoms with Crippen LogP contribution in [0, 0.1) is 0 Å². The van der Waals surface area contributed by atoms with Crippen LogP contribution in [0.25, 0.3) is 20.2 Å². The number of hydrogen-bond donors (Lipinski definition) is 0. The first kappa shape index (κ1) is 27.5. The lowest BCUT2D eigenvalue weighted by atomic mass is 9.76. The van der Waals surface area contributed by atoms with Gasteiger partial charge in [-0.25, -0.2) is 0 Å². The van der Waals surface area contributed by atoms with Crippen molar-refractivity contribution < 1.29 is 0 Å². The smallest absolute Gasteiger partial charge is 0.0420 e. The normalized spacial score (nSPS) is 17.5. The van der Waals surface area contributed by atoms with Crippen molar-refractivity contribution in [2.24, 2.45) is 0 Å². The van der Waals surface area contributed by atoms with E-state index in [0.717, 1.165) is 19.3 Å². The lowest BCUT2D eigenvalue weighted by Crippen LogP contribution is -2.46. The van der Waals surface area contributed by atoms with Gasteiger partial charge in [0.2, 0.25) is 0 Å². The van der Waals surface area contributed by atoms with Gasteiger partial charge in [0.25, 0.3) is 0 Å². The largest absolute Gasteiger partial charge is 0.339 e. The molecule has 2 atom stereocenters. The van der Waals surface area contributed by atoms with Gasteiger partial charge in [0.15, 0.2) is 0 Å². The van der Waals surface area contributed by atoms with Crippen LogP contribution < -0.4 is 4.90 Å². The van der Waals surface area contributed by atoms with E-state index in [1.165, 1.54) is 80.1 Å². The summed E-state index contributed by atoms with van der Waals surface area (Å²) in [6.07, 6.45) is 15.2. The molecule has 1 heterocycles. The van der Waals surface area contributed by atoms with Gasteiger partial charge in [0.1, 0.15) is 0 Å². The highest BCUT2D eigenvalue weighted by molar-refractivity contribution is 9.11. The maximum atomic E-state index is 3.72. The number of anilines is 1. The summed E-state index contributed by atoms with van der Waals surface area (Å²) < 4.78 is 4.10. The molecule has 0 amide bonds. The molecule has 0 bridgehead atoms. The van der Waals surface area contributed by atoms with Crippen LogP contribution in [0.3, 0.4) is 0 Å². The van der Waals surface area contributed by atoms with Crippen LogP contribution in [0.2, 0.25) is 0 Å². The minimum atomic E-state index is 0.103. The molecule has 4 rings (SSSR count). The Bertz CT molecular complexity index is 1270. The number of allylic oxidation sites excluding steroid dienone is 4. The van der Waals surface area contributed by atoms with Gasteiger partial charge in [-0.2, -0.15) is 0 Å². The van der Waals surface area contributed by atoms with Crippen molar-refractivity contribution in [3.05, 3.63) is 64.3 Å². The number of rotatable bonds is 11. The minimum Gasteiger partial charge on any atom is -0.339 e. The zero-order valence-corrected chi connectivity index (χ0v) is 25.6. The summed E-state index contributed by atoms with van der Waals surface area (Å²) in [6, 6.07) is 14.5. The molecule has 3 aromatic rings. The summed E-state index contributed by atoms with van der Waals surface area (Å²) in [6.45, 7) is 14.2. The first-order chi connectivity index (χ1) is 17.3. The molecule has 0 aliphatic heterocycles. The number of thiophene rings is 1. The molecule has 1 aliphatic carbocycles. The molecule has 1 nitrogen and oxygen atoms in total. The zero-order chi connectivity index (χ0) is 25.9. The van der Waals surface area contributed by atoms with E-state index in [-0.39, 0.29) is 11.0 Å². The lowest BCUT2D eigenvalue weighted by molar-refractivity contribution is 0.382. The average Bonchev–Trinajstić information content (AvgIpc) is 3.26. The molecular weight excluding hydrogens is 522 g/mol. The fourth-order valence-corrected chi connectivity index (χ4v) is 7.37. The van der Waals surface area contributed by atoms with Crippen molar-refractivity contribution in [2.75, 3.05) is 4.90 Å². The summed E-state index contributed by atoms with van der Waals surface area (Å²) in [7, 11) is 0. The van der Waals surface area contributed by atoms with Gasteiger partial charge in [-0.3, -0.25) is 0 Å². The Morgan fingerprint density at radius 3 is 2.17 bits per heavy atom. The van der Waals surface area contributed by atoms with Gasteiger partial charge in [0, 0.05) is 37.1 Å². The molecule has 0 radical (unpaired) electrons.